The van der Waals surface area contributed by atoms with E-state index in [0.717, 1.165) is 63.3 Å². The molecule has 1 saturated carbocycles. The van der Waals surface area contributed by atoms with E-state index in [0.29, 0.717) is 11.4 Å². The number of likely N-dealkylation sites (N-methyl/N-ethyl adjacent to an activating group) is 1. The monoisotopic (exact) mass is 455 g/mol. The number of carbonyl (C=O) groups is 1. The Morgan fingerprint density at radius 2 is 1.85 bits per heavy atom. The van der Waals surface area contributed by atoms with E-state index in [1.165, 1.54) is 6.42 Å². The molecular formula is C24H33N5O4. The molecule has 1 aliphatic carbocycles. The van der Waals surface area contributed by atoms with Gasteiger partial charge in [-0.25, -0.2) is 4.79 Å². The molecular weight excluding hydrogens is 422 g/mol. The summed E-state index contributed by atoms with van der Waals surface area (Å²) >= 11 is 0. The van der Waals surface area contributed by atoms with Gasteiger partial charge >= 0.3 is 6.09 Å². The number of hydrogen-bond donors (Lipinski definition) is 3. The number of amides is 1. The van der Waals surface area contributed by atoms with Crippen LogP contribution in [0.25, 0.3) is 0 Å². The van der Waals surface area contributed by atoms with Gasteiger partial charge in [0.1, 0.15) is 5.75 Å². The van der Waals surface area contributed by atoms with E-state index < -0.39 is 11.7 Å². The molecule has 0 spiro atoms. The maximum absolute atomic E-state index is 12.7. The first-order valence-electron chi connectivity index (χ1n) is 11.6. The van der Waals surface area contributed by atoms with E-state index in [-0.39, 0.29) is 11.8 Å². The molecule has 33 heavy (non-hydrogen) atoms. The van der Waals surface area contributed by atoms with Crippen LogP contribution in [-0.4, -0.2) is 62.4 Å². The number of nitrogens with one attached hydrogen (secondary N) is 3. The van der Waals surface area contributed by atoms with Crippen LogP contribution >= 0.6 is 0 Å². The SMILES string of the molecule is COc1ccc(NC(=O)Oc2c(NC3CCCCC3)cc[nH]c2=O)cc1N1CCN(C)CC1. The standard InChI is InChI=1S/C24H33N5O4/c1-28-12-14-29(15-13-28)20-16-18(8-9-21(20)32-2)27-24(31)33-22-19(10-11-25-23(22)30)26-17-6-4-3-5-7-17/h8-11,16-17H,3-7,12-15H2,1-2H3,(H,27,31)(H2,25,26,30). The number of methoxy groups -OCH3 is 1. The van der Waals surface area contributed by atoms with Crippen molar-refractivity contribution in [1.29, 1.82) is 0 Å². The topological polar surface area (TPSA) is 98.9 Å². The highest BCUT2D eigenvalue weighted by Gasteiger charge is 2.21. The summed E-state index contributed by atoms with van der Waals surface area (Å²) in [6.45, 7) is 3.65. The number of anilines is 3. The molecule has 1 aromatic heterocycles. The van der Waals surface area contributed by atoms with Crippen LogP contribution in [0.4, 0.5) is 21.9 Å². The average Bonchev–Trinajstić information content (AvgIpc) is 2.82. The third-order valence-corrected chi connectivity index (χ3v) is 6.34. The van der Waals surface area contributed by atoms with Crippen LogP contribution in [0.1, 0.15) is 32.1 Å². The quantitative estimate of drug-likeness (QED) is 0.613. The third-order valence-electron chi connectivity index (χ3n) is 6.34. The zero-order valence-corrected chi connectivity index (χ0v) is 19.4. The van der Waals surface area contributed by atoms with Gasteiger partial charge in [-0.1, -0.05) is 19.3 Å². The molecule has 2 heterocycles. The van der Waals surface area contributed by atoms with Crippen molar-refractivity contribution in [2.75, 3.05) is 55.9 Å². The molecule has 0 atom stereocenters. The van der Waals surface area contributed by atoms with Crippen LogP contribution in [0.15, 0.2) is 35.3 Å². The molecule has 1 amide bonds. The molecule has 178 valence electrons. The van der Waals surface area contributed by atoms with Gasteiger partial charge in [0.25, 0.3) is 5.56 Å². The van der Waals surface area contributed by atoms with Gasteiger partial charge in [-0.3, -0.25) is 10.1 Å². The van der Waals surface area contributed by atoms with Crippen molar-refractivity contribution >= 4 is 23.2 Å². The summed E-state index contributed by atoms with van der Waals surface area (Å²) in [5.41, 5.74) is 1.58. The fourth-order valence-corrected chi connectivity index (χ4v) is 4.44. The van der Waals surface area contributed by atoms with Crippen molar-refractivity contribution in [3.63, 3.8) is 0 Å². The lowest BCUT2D eigenvalue weighted by Gasteiger charge is -2.34. The Morgan fingerprint density at radius 1 is 1.09 bits per heavy atom. The predicted octanol–water partition coefficient (Wildman–Crippen LogP) is 3.49. The number of rotatable bonds is 6. The first kappa shape index (κ1) is 23.0. The number of aromatic amines is 1. The summed E-state index contributed by atoms with van der Waals surface area (Å²) in [7, 11) is 3.74. The number of hydrogen-bond acceptors (Lipinski definition) is 7. The molecule has 2 fully saturated rings. The number of carbonyl (C=O) groups excluding carboxylic acids is 1. The van der Waals surface area contributed by atoms with E-state index in [1.54, 1.807) is 25.4 Å². The lowest BCUT2D eigenvalue weighted by Crippen LogP contribution is -2.44. The predicted molar refractivity (Wildman–Crippen MR) is 130 cm³/mol. The molecule has 1 saturated heterocycles. The molecule has 3 N–H and O–H groups in total. The molecule has 2 aromatic rings. The van der Waals surface area contributed by atoms with Crippen LogP contribution in [-0.2, 0) is 0 Å². The zero-order chi connectivity index (χ0) is 23.2. The molecule has 9 nitrogen and oxygen atoms in total. The highest BCUT2D eigenvalue weighted by molar-refractivity contribution is 5.88. The molecule has 4 rings (SSSR count). The normalized spacial score (nSPS) is 17.5. The molecule has 1 aliphatic heterocycles. The number of ether oxygens (including phenoxy) is 2. The van der Waals surface area contributed by atoms with E-state index in [1.807, 2.05) is 12.1 Å². The van der Waals surface area contributed by atoms with Crippen molar-refractivity contribution in [2.45, 2.75) is 38.1 Å². The highest BCUT2D eigenvalue weighted by Crippen LogP contribution is 2.32. The van der Waals surface area contributed by atoms with Crippen molar-refractivity contribution in [3.05, 3.63) is 40.8 Å². The summed E-state index contributed by atoms with van der Waals surface area (Å²) in [6, 6.07) is 7.48. The third kappa shape index (κ3) is 5.78. The second-order valence-electron chi connectivity index (χ2n) is 8.72. The Bertz CT molecular complexity index is 1010. The van der Waals surface area contributed by atoms with Crippen molar-refractivity contribution in [1.82, 2.24) is 9.88 Å². The van der Waals surface area contributed by atoms with Gasteiger partial charge in [0, 0.05) is 44.1 Å². The van der Waals surface area contributed by atoms with Crippen LogP contribution in [0, 0.1) is 0 Å². The first-order valence-corrected chi connectivity index (χ1v) is 11.6. The van der Waals surface area contributed by atoms with Crippen molar-refractivity contribution < 1.29 is 14.3 Å². The van der Waals surface area contributed by atoms with Gasteiger partial charge in [-0.2, -0.15) is 0 Å². The number of piperazine rings is 1. The van der Waals surface area contributed by atoms with Gasteiger partial charge in [-0.05, 0) is 44.2 Å². The molecule has 0 radical (unpaired) electrons. The average molecular weight is 456 g/mol. The Hall–Kier alpha value is -3.20. The van der Waals surface area contributed by atoms with Crippen LogP contribution in [0.2, 0.25) is 0 Å². The minimum Gasteiger partial charge on any atom is -0.495 e. The fourth-order valence-electron chi connectivity index (χ4n) is 4.44. The maximum atomic E-state index is 12.7. The number of nitrogens with zero attached hydrogens (tertiary/aromatic N) is 2. The number of aromatic nitrogens is 1. The van der Waals surface area contributed by atoms with Gasteiger partial charge in [-0.15, -0.1) is 0 Å². The van der Waals surface area contributed by atoms with Gasteiger partial charge < -0.3 is 29.6 Å². The lowest BCUT2D eigenvalue weighted by atomic mass is 9.95. The Balaban J connectivity index is 1.47. The van der Waals surface area contributed by atoms with Crippen LogP contribution in [0.3, 0.4) is 0 Å². The number of benzene rings is 1. The summed E-state index contributed by atoms with van der Waals surface area (Å²) < 4.78 is 11.0. The van der Waals surface area contributed by atoms with Crippen molar-refractivity contribution in [3.8, 4) is 11.5 Å². The van der Waals surface area contributed by atoms with E-state index in [4.69, 9.17) is 9.47 Å². The maximum Gasteiger partial charge on any atom is 0.417 e. The zero-order valence-electron chi connectivity index (χ0n) is 19.4. The summed E-state index contributed by atoms with van der Waals surface area (Å²) in [5.74, 6) is 0.727. The Labute approximate surface area is 194 Å². The first-order chi connectivity index (χ1) is 16.0. The second-order valence-corrected chi connectivity index (χ2v) is 8.72. The highest BCUT2D eigenvalue weighted by atomic mass is 16.6. The molecule has 1 aromatic carbocycles. The van der Waals surface area contributed by atoms with E-state index in [2.05, 4.69) is 32.5 Å². The lowest BCUT2D eigenvalue weighted by molar-refractivity contribution is 0.214. The molecule has 9 heteroatoms. The smallest absolute Gasteiger partial charge is 0.417 e. The fraction of sp³-hybridized carbons (Fsp3) is 0.500. The Kier molecular flexibility index (Phi) is 7.39. The van der Waals surface area contributed by atoms with E-state index >= 15 is 0 Å². The van der Waals surface area contributed by atoms with Crippen LogP contribution in [0.5, 0.6) is 11.5 Å². The van der Waals surface area contributed by atoms with Gasteiger partial charge in [0.2, 0.25) is 5.75 Å². The minimum absolute atomic E-state index is 0.0200. The van der Waals surface area contributed by atoms with Crippen LogP contribution < -0.4 is 30.6 Å². The van der Waals surface area contributed by atoms with Gasteiger partial charge in [0.05, 0.1) is 18.5 Å². The van der Waals surface area contributed by atoms with E-state index in [9.17, 15) is 9.59 Å². The number of H-pyrrole nitrogens is 1. The second kappa shape index (κ2) is 10.6. The van der Waals surface area contributed by atoms with Gasteiger partial charge in [0.15, 0.2) is 0 Å². The summed E-state index contributed by atoms with van der Waals surface area (Å²) in [4.78, 5) is 32.2. The molecule has 0 unspecified atom stereocenters. The molecule has 2 aliphatic rings. The van der Waals surface area contributed by atoms with Crippen molar-refractivity contribution in [2.24, 2.45) is 0 Å². The minimum atomic E-state index is -0.715. The summed E-state index contributed by atoms with van der Waals surface area (Å²) in [5, 5.41) is 6.13. The Morgan fingerprint density at radius 3 is 2.58 bits per heavy atom. The summed E-state index contributed by atoms with van der Waals surface area (Å²) in [6.07, 6.45) is 6.47. The largest absolute Gasteiger partial charge is 0.495 e. The molecule has 0 bridgehead atoms. The number of pyridine rings is 1.